The third-order valence-electron chi connectivity index (χ3n) is 2.26. The molecular formula is C12H14N2O4S. The van der Waals surface area contributed by atoms with Crippen LogP contribution in [0.5, 0.6) is 0 Å². The second kappa shape index (κ2) is 6.69. The van der Waals surface area contributed by atoms with E-state index in [4.69, 9.17) is 5.11 Å². The fourth-order valence-corrected chi connectivity index (χ4v) is 2.05. The highest BCUT2D eigenvalue weighted by atomic mass is 32.1. The van der Waals surface area contributed by atoms with Crippen LogP contribution in [-0.2, 0) is 9.59 Å². The van der Waals surface area contributed by atoms with Crippen LogP contribution >= 0.6 is 11.3 Å². The Morgan fingerprint density at radius 2 is 2.11 bits per heavy atom. The van der Waals surface area contributed by atoms with E-state index in [-0.39, 0.29) is 11.8 Å². The van der Waals surface area contributed by atoms with Crippen LogP contribution in [0.25, 0.3) is 6.08 Å². The SMILES string of the molecule is CNC(=O)C(C)NC(=O)c1csc(C=CC(=O)O)c1. The lowest BCUT2D eigenvalue weighted by atomic mass is 10.2. The molecule has 0 aromatic carbocycles. The van der Waals surface area contributed by atoms with Crippen LogP contribution in [0.15, 0.2) is 17.5 Å². The number of amides is 2. The third kappa shape index (κ3) is 4.55. The first kappa shape index (κ1) is 14.9. The lowest BCUT2D eigenvalue weighted by molar-refractivity contribution is -0.131. The Hall–Kier alpha value is -2.15. The molecule has 1 unspecified atom stereocenters. The normalized spacial score (nSPS) is 12.1. The van der Waals surface area contributed by atoms with Gasteiger partial charge in [0.05, 0.1) is 5.56 Å². The molecule has 1 aromatic rings. The fraction of sp³-hybridized carbons (Fsp3) is 0.250. The Morgan fingerprint density at radius 3 is 2.68 bits per heavy atom. The van der Waals surface area contributed by atoms with Crippen molar-refractivity contribution in [3.63, 3.8) is 0 Å². The second-order valence-electron chi connectivity index (χ2n) is 3.72. The maximum Gasteiger partial charge on any atom is 0.328 e. The standard InChI is InChI=1S/C12H14N2O4S/c1-7(11(17)13-2)14-12(18)8-5-9(19-6-8)3-4-10(15)16/h3-7H,1-2H3,(H,13,17)(H,14,18)(H,15,16). The summed E-state index contributed by atoms with van der Waals surface area (Å²) in [5, 5.41) is 15.1. The molecular weight excluding hydrogens is 268 g/mol. The monoisotopic (exact) mass is 282 g/mol. The molecule has 1 atom stereocenters. The van der Waals surface area contributed by atoms with Crippen molar-refractivity contribution in [1.82, 2.24) is 10.6 Å². The highest BCUT2D eigenvalue weighted by Gasteiger charge is 2.15. The molecule has 3 N–H and O–H groups in total. The van der Waals surface area contributed by atoms with Crippen molar-refractivity contribution in [2.75, 3.05) is 7.05 Å². The molecule has 0 saturated heterocycles. The van der Waals surface area contributed by atoms with Gasteiger partial charge >= 0.3 is 5.97 Å². The number of hydrogen-bond donors (Lipinski definition) is 3. The van der Waals surface area contributed by atoms with E-state index in [1.54, 1.807) is 18.4 Å². The Balaban J connectivity index is 2.68. The van der Waals surface area contributed by atoms with Crippen molar-refractivity contribution in [2.24, 2.45) is 0 Å². The minimum Gasteiger partial charge on any atom is -0.478 e. The molecule has 0 fully saturated rings. The number of carboxylic acids is 1. The Labute approximate surface area is 114 Å². The van der Waals surface area contributed by atoms with Gasteiger partial charge in [-0.15, -0.1) is 11.3 Å². The zero-order valence-electron chi connectivity index (χ0n) is 10.5. The molecule has 102 valence electrons. The molecule has 1 rings (SSSR count). The second-order valence-corrected chi connectivity index (χ2v) is 4.66. The maximum absolute atomic E-state index is 11.8. The van der Waals surface area contributed by atoms with E-state index in [1.165, 1.54) is 24.5 Å². The molecule has 0 bridgehead atoms. The number of carbonyl (C=O) groups excluding carboxylic acids is 2. The van der Waals surface area contributed by atoms with Gasteiger partial charge in [0.25, 0.3) is 5.91 Å². The average Bonchev–Trinajstić information content (AvgIpc) is 2.84. The first-order valence-corrected chi connectivity index (χ1v) is 6.34. The molecule has 6 nitrogen and oxygen atoms in total. The average molecular weight is 282 g/mol. The van der Waals surface area contributed by atoms with Crippen LogP contribution < -0.4 is 10.6 Å². The number of hydrogen-bond acceptors (Lipinski definition) is 4. The number of aliphatic carboxylic acids is 1. The van der Waals surface area contributed by atoms with Gasteiger partial charge in [-0.3, -0.25) is 9.59 Å². The Morgan fingerprint density at radius 1 is 1.42 bits per heavy atom. The number of carboxylic acid groups (broad SMARTS) is 1. The van der Waals surface area contributed by atoms with E-state index >= 15 is 0 Å². The van der Waals surface area contributed by atoms with E-state index in [9.17, 15) is 14.4 Å². The Kier molecular flexibility index (Phi) is 5.25. The van der Waals surface area contributed by atoms with Crippen LogP contribution in [0.1, 0.15) is 22.2 Å². The van der Waals surface area contributed by atoms with E-state index in [0.717, 1.165) is 6.08 Å². The summed E-state index contributed by atoms with van der Waals surface area (Å²) in [6.45, 7) is 1.58. The van der Waals surface area contributed by atoms with Crippen molar-refractivity contribution in [3.8, 4) is 0 Å². The summed E-state index contributed by atoms with van der Waals surface area (Å²) in [5.41, 5.74) is 0.394. The van der Waals surface area contributed by atoms with Gasteiger partial charge in [-0.2, -0.15) is 0 Å². The first-order valence-electron chi connectivity index (χ1n) is 5.46. The molecule has 19 heavy (non-hydrogen) atoms. The lowest BCUT2D eigenvalue weighted by Crippen LogP contribution is -2.43. The van der Waals surface area contributed by atoms with Crippen molar-refractivity contribution in [3.05, 3.63) is 28.0 Å². The van der Waals surface area contributed by atoms with Gasteiger partial charge < -0.3 is 15.7 Å². The number of nitrogens with one attached hydrogen (secondary N) is 2. The summed E-state index contributed by atoms with van der Waals surface area (Å²) >= 11 is 1.25. The Bertz CT molecular complexity index is 522. The molecule has 7 heteroatoms. The summed E-state index contributed by atoms with van der Waals surface area (Å²) < 4.78 is 0. The molecule has 1 heterocycles. The van der Waals surface area contributed by atoms with Crippen molar-refractivity contribution >= 4 is 35.2 Å². The largest absolute Gasteiger partial charge is 0.478 e. The van der Waals surface area contributed by atoms with Gasteiger partial charge in [0.2, 0.25) is 5.91 Å². The van der Waals surface area contributed by atoms with Gasteiger partial charge in [0, 0.05) is 23.4 Å². The van der Waals surface area contributed by atoms with Crippen molar-refractivity contribution in [2.45, 2.75) is 13.0 Å². The van der Waals surface area contributed by atoms with Gasteiger partial charge in [-0.05, 0) is 19.1 Å². The lowest BCUT2D eigenvalue weighted by Gasteiger charge is -2.11. The van der Waals surface area contributed by atoms with Gasteiger partial charge in [-0.1, -0.05) is 0 Å². The van der Waals surface area contributed by atoms with Gasteiger partial charge in [0.15, 0.2) is 0 Å². The molecule has 0 aliphatic rings. The number of thiophene rings is 1. The third-order valence-corrected chi connectivity index (χ3v) is 3.16. The fourth-order valence-electron chi connectivity index (χ4n) is 1.27. The first-order chi connectivity index (χ1) is 8.93. The smallest absolute Gasteiger partial charge is 0.328 e. The van der Waals surface area contributed by atoms with Crippen LogP contribution in [0.3, 0.4) is 0 Å². The van der Waals surface area contributed by atoms with Gasteiger partial charge in [0.1, 0.15) is 6.04 Å². The molecule has 0 aliphatic carbocycles. The van der Waals surface area contributed by atoms with E-state index in [1.807, 2.05) is 0 Å². The number of likely N-dealkylation sites (N-methyl/N-ethyl adjacent to an activating group) is 1. The summed E-state index contributed by atoms with van der Waals surface area (Å²) in [4.78, 5) is 34.1. The molecule has 0 spiro atoms. The van der Waals surface area contributed by atoms with Crippen molar-refractivity contribution in [1.29, 1.82) is 0 Å². The summed E-state index contributed by atoms with van der Waals surface area (Å²) in [5.74, 6) is -1.70. The molecule has 2 amide bonds. The quantitative estimate of drug-likeness (QED) is 0.693. The predicted molar refractivity (Wildman–Crippen MR) is 72.0 cm³/mol. The minimum atomic E-state index is -1.05. The molecule has 0 saturated carbocycles. The summed E-state index contributed by atoms with van der Waals surface area (Å²) in [6, 6.07) is 0.936. The number of rotatable bonds is 5. The van der Waals surface area contributed by atoms with Crippen LogP contribution in [0.4, 0.5) is 0 Å². The summed E-state index contributed by atoms with van der Waals surface area (Å²) in [6.07, 6.45) is 2.41. The molecule has 0 radical (unpaired) electrons. The number of carbonyl (C=O) groups is 3. The molecule has 1 aromatic heterocycles. The highest BCUT2D eigenvalue weighted by molar-refractivity contribution is 7.11. The maximum atomic E-state index is 11.8. The summed E-state index contributed by atoms with van der Waals surface area (Å²) in [7, 11) is 1.49. The highest BCUT2D eigenvalue weighted by Crippen LogP contribution is 2.16. The van der Waals surface area contributed by atoms with E-state index < -0.39 is 12.0 Å². The zero-order valence-corrected chi connectivity index (χ0v) is 11.3. The van der Waals surface area contributed by atoms with Crippen LogP contribution in [-0.4, -0.2) is 36.0 Å². The zero-order chi connectivity index (χ0) is 14.4. The molecule has 0 aliphatic heterocycles. The van der Waals surface area contributed by atoms with Crippen LogP contribution in [0, 0.1) is 0 Å². The van der Waals surface area contributed by atoms with Crippen LogP contribution in [0.2, 0.25) is 0 Å². The predicted octanol–water partition coefficient (Wildman–Crippen LogP) is 0.710. The topological polar surface area (TPSA) is 95.5 Å². The minimum absolute atomic E-state index is 0.283. The van der Waals surface area contributed by atoms with Crippen molar-refractivity contribution < 1.29 is 19.5 Å². The van der Waals surface area contributed by atoms with E-state index in [2.05, 4.69) is 10.6 Å². The van der Waals surface area contributed by atoms with E-state index in [0.29, 0.717) is 10.4 Å². The van der Waals surface area contributed by atoms with Gasteiger partial charge in [-0.25, -0.2) is 4.79 Å².